The molecule has 0 radical (unpaired) electrons. The van der Waals surface area contributed by atoms with Gasteiger partial charge in [0.15, 0.2) is 5.82 Å². The Bertz CT molecular complexity index is 735. The molecule has 2 aromatic rings. The molecule has 0 unspecified atom stereocenters. The molecule has 2 aromatic heterocycles. The lowest BCUT2D eigenvalue weighted by Gasteiger charge is -2.34. The van der Waals surface area contributed by atoms with Crippen LogP contribution in [0.25, 0.3) is 11.4 Å². The summed E-state index contributed by atoms with van der Waals surface area (Å²) in [5.41, 5.74) is 3.39. The lowest BCUT2D eigenvalue weighted by Crippen LogP contribution is -2.40. The first-order valence-corrected chi connectivity index (χ1v) is 8.50. The van der Waals surface area contributed by atoms with E-state index in [9.17, 15) is 0 Å². The number of rotatable bonds is 3. The van der Waals surface area contributed by atoms with Gasteiger partial charge in [-0.05, 0) is 6.42 Å². The molecular weight excluding hydrogens is 304 g/mol. The van der Waals surface area contributed by atoms with Crippen LogP contribution in [0.15, 0.2) is 12.4 Å². The van der Waals surface area contributed by atoms with Gasteiger partial charge in [0.25, 0.3) is 0 Å². The van der Waals surface area contributed by atoms with E-state index in [0.29, 0.717) is 6.04 Å². The van der Waals surface area contributed by atoms with Crippen molar-refractivity contribution in [2.45, 2.75) is 25.4 Å². The smallest absolute Gasteiger partial charge is 0.164 e. The number of ether oxygens (including phenoxy) is 1. The molecule has 1 saturated heterocycles. The van der Waals surface area contributed by atoms with Crippen molar-refractivity contribution < 1.29 is 4.74 Å². The normalized spacial score (nSPS) is 21.0. The van der Waals surface area contributed by atoms with E-state index in [4.69, 9.17) is 14.7 Å². The van der Waals surface area contributed by atoms with E-state index in [0.717, 1.165) is 56.4 Å². The predicted octanol–water partition coefficient (Wildman–Crippen LogP) is 1.09. The van der Waals surface area contributed by atoms with E-state index in [2.05, 4.69) is 14.9 Å². The summed E-state index contributed by atoms with van der Waals surface area (Å²) >= 11 is 0. The largest absolute Gasteiger partial charge is 0.380 e. The highest BCUT2D eigenvalue weighted by Gasteiger charge is 2.30. The second kappa shape index (κ2) is 6.14. The standard InChI is InChI=1S/C17H24N6O/c1-21(2)17-14-10-23(13-5-7-24-11-13)6-4-15(14)19-16(20-17)12-8-18-22(3)9-12/h8-9,13H,4-7,10-11H2,1-3H3/t13-/m0/s1. The summed E-state index contributed by atoms with van der Waals surface area (Å²) in [4.78, 5) is 14.3. The van der Waals surface area contributed by atoms with Gasteiger partial charge >= 0.3 is 0 Å². The second-order valence-corrected chi connectivity index (χ2v) is 6.83. The molecule has 0 aliphatic carbocycles. The zero-order chi connectivity index (χ0) is 16.7. The van der Waals surface area contributed by atoms with Crippen LogP contribution in [-0.2, 0) is 24.8 Å². The summed E-state index contributed by atoms with van der Waals surface area (Å²) in [6.45, 7) is 3.67. The molecule has 24 heavy (non-hydrogen) atoms. The van der Waals surface area contributed by atoms with Crippen molar-refractivity contribution in [1.29, 1.82) is 0 Å². The monoisotopic (exact) mass is 328 g/mol. The molecular formula is C17H24N6O. The minimum Gasteiger partial charge on any atom is -0.380 e. The first-order valence-electron chi connectivity index (χ1n) is 8.50. The molecule has 4 heterocycles. The summed E-state index contributed by atoms with van der Waals surface area (Å²) in [5.74, 6) is 1.78. The van der Waals surface area contributed by atoms with E-state index in [1.54, 1.807) is 4.68 Å². The van der Waals surface area contributed by atoms with Crippen LogP contribution in [-0.4, -0.2) is 64.5 Å². The fraction of sp³-hybridized carbons (Fsp3) is 0.588. The van der Waals surface area contributed by atoms with Crippen molar-refractivity contribution in [3.63, 3.8) is 0 Å². The van der Waals surface area contributed by atoms with Crippen LogP contribution in [0.2, 0.25) is 0 Å². The number of anilines is 1. The van der Waals surface area contributed by atoms with Gasteiger partial charge in [0.1, 0.15) is 5.82 Å². The zero-order valence-corrected chi connectivity index (χ0v) is 14.6. The first kappa shape index (κ1) is 15.5. The second-order valence-electron chi connectivity index (χ2n) is 6.83. The summed E-state index contributed by atoms with van der Waals surface area (Å²) in [6.07, 6.45) is 5.88. The molecule has 4 rings (SSSR count). The Morgan fingerprint density at radius 3 is 2.83 bits per heavy atom. The van der Waals surface area contributed by atoms with Crippen LogP contribution >= 0.6 is 0 Å². The molecule has 0 aromatic carbocycles. The molecule has 0 saturated carbocycles. The number of nitrogens with zero attached hydrogens (tertiary/aromatic N) is 6. The summed E-state index contributed by atoms with van der Waals surface area (Å²) < 4.78 is 7.35. The molecule has 2 aliphatic rings. The third kappa shape index (κ3) is 2.78. The minimum atomic E-state index is 0.533. The average molecular weight is 328 g/mol. The Morgan fingerprint density at radius 1 is 1.29 bits per heavy atom. The molecule has 1 fully saturated rings. The Kier molecular flexibility index (Phi) is 3.97. The van der Waals surface area contributed by atoms with Gasteiger partial charge < -0.3 is 9.64 Å². The summed E-state index contributed by atoms with van der Waals surface area (Å²) in [5, 5.41) is 4.24. The predicted molar refractivity (Wildman–Crippen MR) is 91.9 cm³/mol. The number of hydrogen-bond acceptors (Lipinski definition) is 6. The zero-order valence-electron chi connectivity index (χ0n) is 14.6. The van der Waals surface area contributed by atoms with E-state index in [1.807, 2.05) is 33.5 Å². The van der Waals surface area contributed by atoms with Crippen LogP contribution in [0.4, 0.5) is 5.82 Å². The SMILES string of the molecule is CN(C)c1nc(-c2cnn(C)c2)nc2c1CN([C@H]1CCOC1)CC2. The Morgan fingerprint density at radius 2 is 2.17 bits per heavy atom. The van der Waals surface area contributed by atoms with Gasteiger partial charge in [-0.2, -0.15) is 5.10 Å². The maximum Gasteiger partial charge on any atom is 0.164 e. The molecule has 7 heteroatoms. The average Bonchev–Trinajstić information content (AvgIpc) is 3.24. The third-order valence-corrected chi connectivity index (χ3v) is 4.88. The first-order chi connectivity index (χ1) is 11.6. The third-order valence-electron chi connectivity index (χ3n) is 4.88. The lowest BCUT2D eigenvalue weighted by atomic mass is 10.0. The molecule has 0 amide bonds. The quantitative estimate of drug-likeness (QED) is 0.841. The molecule has 0 spiro atoms. The van der Waals surface area contributed by atoms with E-state index in [1.165, 1.54) is 11.3 Å². The topological polar surface area (TPSA) is 59.3 Å². The molecule has 2 aliphatic heterocycles. The fourth-order valence-corrected chi connectivity index (χ4v) is 3.58. The lowest BCUT2D eigenvalue weighted by molar-refractivity contribution is 0.134. The van der Waals surface area contributed by atoms with Crippen LogP contribution in [0.3, 0.4) is 0 Å². The maximum absolute atomic E-state index is 5.56. The van der Waals surface area contributed by atoms with Gasteiger partial charge in [-0.25, -0.2) is 9.97 Å². The van der Waals surface area contributed by atoms with Crippen molar-refractivity contribution >= 4 is 5.82 Å². The minimum absolute atomic E-state index is 0.533. The maximum atomic E-state index is 5.56. The van der Waals surface area contributed by atoms with Gasteiger partial charge in [-0.3, -0.25) is 9.58 Å². The molecule has 0 N–H and O–H groups in total. The fourth-order valence-electron chi connectivity index (χ4n) is 3.58. The van der Waals surface area contributed by atoms with Gasteiger partial charge in [0.2, 0.25) is 0 Å². The highest BCUT2D eigenvalue weighted by atomic mass is 16.5. The van der Waals surface area contributed by atoms with Crippen LogP contribution in [0.1, 0.15) is 17.7 Å². The van der Waals surface area contributed by atoms with Crippen molar-refractivity contribution in [1.82, 2.24) is 24.6 Å². The number of aromatic nitrogens is 4. The molecule has 128 valence electrons. The Labute approximate surface area is 142 Å². The van der Waals surface area contributed by atoms with Gasteiger partial charge in [0, 0.05) is 65.1 Å². The van der Waals surface area contributed by atoms with Crippen molar-refractivity contribution in [2.24, 2.45) is 7.05 Å². The van der Waals surface area contributed by atoms with E-state index >= 15 is 0 Å². The summed E-state index contributed by atoms with van der Waals surface area (Å²) in [6, 6.07) is 0.533. The van der Waals surface area contributed by atoms with E-state index in [-0.39, 0.29) is 0 Å². The number of aryl methyl sites for hydroxylation is 1. The van der Waals surface area contributed by atoms with Crippen LogP contribution in [0, 0.1) is 0 Å². The van der Waals surface area contributed by atoms with E-state index < -0.39 is 0 Å². The number of hydrogen-bond donors (Lipinski definition) is 0. The van der Waals surface area contributed by atoms with Crippen molar-refractivity contribution in [2.75, 3.05) is 38.8 Å². The van der Waals surface area contributed by atoms with Crippen LogP contribution < -0.4 is 4.90 Å². The Hall–Kier alpha value is -1.99. The molecule has 0 bridgehead atoms. The molecule has 1 atom stereocenters. The molecule has 7 nitrogen and oxygen atoms in total. The van der Waals surface area contributed by atoms with Gasteiger partial charge in [0.05, 0.1) is 24.1 Å². The van der Waals surface area contributed by atoms with Crippen molar-refractivity contribution in [3.05, 3.63) is 23.7 Å². The summed E-state index contributed by atoms with van der Waals surface area (Å²) in [7, 11) is 6.01. The highest BCUT2D eigenvalue weighted by Crippen LogP contribution is 2.30. The van der Waals surface area contributed by atoms with Gasteiger partial charge in [-0.1, -0.05) is 0 Å². The van der Waals surface area contributed by atoms with Crippen LogP contribution in [0.5, 0.6) is 0 Å². The Balaban J connectivity index is 1.70. The van der Waals surface area contributed by atoms with Gasteiger partial charge in [-0.15, -0.1) is 0 Å². The number of fused-ring (bicyclic) bond motifs is 1. The van der Waals surface area contributed by atoms with Crippen molar-refractivity contribution in [3.8, 4) is 11.4 Å². The highest BCUT2D eigenvalue weighted by molar-refractivity contribution is 5.59.